The van der Waals surface area contributed by atoms with Crippen LogP contribution < -0.4 is 0 Å². The zero-order valence-corrected chi connectivity index (χ0v) is 19.5. The maximum Gasteiger partial charge on any atom is 0.136 e. The Morgan fingerprint density at radius 2 is 1.03 bits per heavy atom. The number of allylic oxidation sites excluding steroid dienone is 1. The highest BCUT2D eigenvalue weighted by molar-refractivity contribution is 6.18. The predicted molar refractivity (Wildman–Crippen MR) is 147 cm³/mol. The molecule has 2 heterocycles. The van der Waals surface area contributed by atoms with Crippen molar-refractivity contribution in [1.29, 1.82) is 0 Å². The van der Waals surface area contributed by atoms with E-state index in [1.54, 1.807) is 13.4 Å². The van der Waals surface area contributed by atoms with Gasteiger partial charge in [-0.05, 0) is 94.2 Å². The number of hydrogen-bond donors (Lipinski definition) is 0. The number of ether oxygens (including phenoxy) is 1. The van der Waals surface area contributed by atoms with E-state index in [4.69, 9.17) is 13.6 Å². The normalized spacial score (nSPS) is 12.6. The van der Waals surface area contributed by atoms with Gasteiger partial charge in [0, 0.05) is 21.5 Å². The van der Waals surface area contributed by atoms with Gasteiger partial charge in [0.2, 0.25) is 0 Å². The van der Waals surface area contributed by atoms with Gasteiger partial charge in [0.25, 0.3) is 0 Å². The number of hydrogen-bond acceptors (Lipinski definition) is 3. The molecule has 5 aromatic carbocycles. The molecule has 0 aliphatic carbocycles. The molecule has 0 aliphatic rings. The molecular weight excluding hydrogens is 432 g/mol. The Labute approximate surface area is 201 Å². The number of fused-ring (bicyclic) bond motifs is 8. The first-order valence-electron chi connectivity index (χ1n) is 11.7. The van der Waals surface area contributed by atoms with Crippen LogP contribution in [0.25, 0.3) is 77.6 Å². The van der Waals surface area contributed by atoms with Crippen molar-refractivity contribution in [3.05, 3.63) is 96.3 Å². The zero-order chi connectivity index (χ0) is 23.5. The van der Waals surface area contributed by atoms with Crippen molar-refractivity contribution in [2.75, 3.05) is 7.11 Å². The summed E-state index contributed by atoms with van der Waals surface area (Å²) in [4.78, 5) is 0. The van der Waals surface area contributed by atoms with E-state index in [2.05, 4.69) is 84.9 Å². The summed E-state index contributed by atoms with van der Waals surface area (Å²) in [6.45, 7) is 2.03. The van der Waals surface area contributed by atoms with Crippen molar-refractivity contribution in [1.82, 2.24) is 0 Å². The molecule has 0 spiro atoms. The Morgan fingerprint density at radius 1 is 0.543 bits per heavy atom. The molecule has 7 rings (SSSR count). The van der Waals surface area contributed by atoms with Crippen molar-refractivity contribution in [3.8, 4) is 0 Å². The van der Waals surface area contributed by atoms with E-state index >= 15 is 0 Å². The topological polar surface area (TPSA) is 35.5 Å². The molecule has 0 aliphatic heterocycles. The van der Waals surface area contributed by atoms with Crippen LogP contribution in [0.2, 0.25) is 0 Å². The quantitative estimate of drug-likeness (QED) is 0.249. The third kappa shape index (κ3) is 3.12. The molecule has 0 radical (unpaired) electrons. The number of benzene rings is 5. The van der Waals surface area contributed by atoms with Gasteiger partial charge >= 0.3 is 0 Å². The summed E-state index contributed by atoms with van der Waals surface area (Å²) in [6.07, 6.45) is 7.81. The molecule has 3 heteroatoms. The van der Waals surface area contributed by atoms with Gasteiger partial charge in [0.1, 0.15) is 22.3 Å². The minimum Gasteiger partial charge on any atom is -0.504 e. The van der Waals surface area contributed by atoms with Gasteiger partial charge in [-0.25, -0.2) is 0 Å². The molecule has 0 fully saturated rings. The average molecular weight is 455 g/mol. The lowest BCUT2D eigenvalue weighted by Gasteiger charge is -2.00. The summed E-state index contributed by atoms with van der Waals surface area (Å²) in [7, 11) is 1.65. The van der Waals surface area contributed by atoms with E-state index in [1.807, 2.05) is 13.0 Å². The van der Waals surface area contributed by atoms with Crippen molar-refractivity contribution in [2.24, 2.45) is 0 Å². The zero-order valence-electron chi connectivity index (χ0n) is 19.5. The second-order valence-corrected chi connectivity index (χ2v) is 9.00. The fourth-order valence-corrected chi connectivity index (χ4v) is 5.11. The third-order valence-corrected chi connectivity index (χ3v) is 6.78. The maximum absolute atomic E-state index is 6.35. The molecule has 0 unspecified atom stereocenters. The lowest BCUT2D eigenvalue weighted by atomic mass is 10.0. The van der Waals surface area contributed by atoms with E-state index in [0.29, 0.717) is 0 Å². The molecule has 35 heavy (non-hydrogen) atoms. The van der Waals surface area contributed by atoms with Crippen LogP contribution in [0.15, 0.2) is 94.0 Å². The number of furan rings is 2. The molecule has 2 aromatic heterocycles. The minimum atomic E-state index is 0.869. The maximum atomic E-state index is 6.35. The summed E-state index contributed by atoms with van der Waals surface area (Å²) >= 11 is 0. The van der Waals surface area contributed by atoms with Crippen LogP contribution in [0, 0.1) is 0 Å². The molecule has 0 atom stereocenters. The molecule has 0 amide bonds. The summed E-state index contributed by atoms with van der Waals surface area (Å²) in [5, 5.41) is 9.01. The standard InChI is InChI=1S/C32H22O3/c1-3-4-19-5-7-21-13-25-27-17-32-28(18-31(27)34-29(25)15-23(21)11-19)26-14-22-8-6-20(9-10-33-2)12-24(22)16-30(26)35-32/h3-18H,1-2H3/b4-3+,10-9+. The van der Waals surface area contributed by atoms with Gasteiger partial charge in [-0.2, -0.15) is 0 Å². The molecule has 168 valence electrons. The summed E-state index contributed by atoms with van der Waals surface area (Å²) in [5.74, 6) is 0. The van der Waals surface area contributed by atoms with E-state index in [0.717, 1.165) is 54.8 Å². The number of methoxy groups -OCH3 is 1. The summed E-state index contributed by atoms with van der Waals surface area (Å²) < 4.78 is 17.8. The van der Waals surface area contributed by atoms with E-state index < -0.39 is 0 Å². The lowest BCUT2D eigenvalue weighted by Crippen LogP contribution is -1.77. The number of rotatable bonds is 3. The smallest absolute Gasteiger partial charge is 0.136 e. The van der Waals surface area contributed by atoms with Crippen molar-refractivity contribution < 1.29 is 13.6 Å². The van der Waals surface area contributed by atoms with Crippen LogP contribution in [0.3, 0.4) is 0 Å². The van der Waals surface area contributed by atoms with E-state index in [-0.39, 0.29) is 0 Å². The first kappa shape index (κ1) is 19.9. The molecular formula is C32H22O3. The van der Waals surface area contributed by atoms with Crippen LogP contribution in [-0.4, -0.2) is 7.11 Å². The van der Waals surface area contributed by atoms with Crippen LogP contribution in [0.4, 0.5) is 0 Å². The Morgan fingerprint density at radius 3 is 1.54 bits per heavy atom. The Hall–Kier alpha value is -4.50. The highest BCUT2D eigenvalue weighted by Gasteiger charge is 2.15. The second-order valence-electron chi connectivity index (χ2n) is 9.00. The van der Waals surface area contributed by atoms with Crippen molar-refractivity contribution in [3.63, 3.8) is 0 Å². The Balaban J connectivity index is 1.45. The highest BCUT2D eigenvalue weighted by Crippen LogP contribution is 2.39. The fraction of sp³-hybridized carbons (Fsp3) is 0.0625. The summed E-state index contributed by atoms with van der Waals surface area (Å²) in [5.41, 5.74) is 5.79. The SMILES string of the molecule is C/C=C/c1ccc2cc3c(cc2c1)oc1cc2c(cc13)oc1cc3cc(/C=C/OC)ccc3cc12. The van der Waals surface area contributed by atoms with Crippen LogP contribution in [0.1, 0.15) is 18.1 Å². The monoisotopic (exact) mass is 454 g/mol. The molecule has 7 aromatic rings. The summed E-state index contributed by atoms with van der Waals surface area (Å²) in [6, 6.07) is 25.8. The van der Waals surface area contributed by atoms with Crippen LogP contribution in [-0.2, 0) is 4.74 Å². The van der Waals surface area contributed by atoms with Crippen molar-refractivity contribution in [2.45, 2.75) is 6.92 Å². The van der Waals surface area contributed by atoms with Crippen molar-refractivity contribution >= 4 is 77.6 Å². The third-order valence-electron chi connectivity index (χ3n) is 6.78. The first-order chi connectivity index (χ1) is 17.2. The van der Waals surface area contributed by atoms with E-state index in [9.17, 15) is 0 Å². The van der Waals surface area contributed by atoms with Crippen LogP contribution in [0.5, 0.6) is 0 Å². The molecule has 0 saturated heterocycles. The van der Waals surface area contributed by atoms with Gasteiger partial charge in [-0.15, -0.1) is 0 Å². The first-order valence-corrected chi connectivity index (χ1v) is 11.7. The van der Waals surface area contributed by atoms with Crippen LogP contribution >= 0.6 is 0 Å². The van der Waals surface area contributed by atoms with Gasteiger partial charge in [0.05, 0.1) is 13.4 Å². The molecule has 0 bridgehead atoms. The van der Waals surface area contributed by atoms with E-state index in [1.165, 1.54) is 21.7 Å². The molecule has 0 saturated carbocycles. The minimum absolute atomic E-state index is 0.869. The Kier molecular flexibility index (Phi) is 4.27. The molecule has 3 nitrogen and oxygen atoms in total. The second kappa shape index (κ2) is 7.51. The highest BCUT2D eigenvalue weighted by atomic mass is 16.5. The lowest BCUT2D eigenvalue weighted by molar-refractivity contribution is 0.341. The Bertz CT molecular complexity index is 2000. The van der Waals surface area contributed by atoms with Gasteiger partial charge in [-0.3, -0.25) is 0 Å². The largest absolute Gasteiger partial charge is 0.504 e. The molecule has 0 N–H and O–H groups in total. The van der Waals surface area contributed by atoms with Gasteiger partial charge in [0.15, 0.2) is 0 Å². The predicted octanol–water partition coefficient (Wildman–Crippen LogP) is 9.44. The van der Waals surface area contributed by atoms with Gasteiger partial charge in [-0.1, -0.05) is 36.4 Å². The van der Waals surface area contributed by atoms with Gasteiger partial charge < -0.3 is 13.6 Å². The average Bonchev–Trinajstić information content (AvgIpc) is 3.39. The fourth-order valence-electron chi connectivity index (χ4n) is 5.11.